The average molecular weight is 507 g/mol. The Balaban J connectivity index is 1.67. The van der Waals surface area contributed by atoms with Crippen molar-refractivity contribution < 1.29 is 24.1 Å². The predicted octanol–water partition coefficient (Wildman–Crippen LogP) is 2.79. The third kappa shape index (κ3) is 4.14. The molecule has 2 aromatic carbocycles. The van der Waals surface area contributed by atoms with E-state index in [1.807, 2.05) is 10.6 Å². The van der Waals surface area contributed by atoms with Gasteiger partial charge < -0.3 is 25.4 Å². The molecule has 2 aliphatic heterocycles. The minimum absolute atomic E-state index is 0.0768. The van der Waals surface area contributed by atoms with Gasteiger partial charge in [0.05, 0.1) is 16.1 Å². The van der Waals surface area contributed by atoms with Crippen LogP contribution in [0.4, 0.5) is 22.7 Å². The predicted molar refractivity (Wildman–Crippen MR) is 136 cm³/mol. The normalized spacial score (nSPS) is 16.4. The number of carbonyl (C=O) groups is 3. The van der Waals surface area contributed by atoms with Crippen molar-refractivity contribution in [3.8, 4) is 0 Å². The fraction of sp³-hybridized carbons (Fsp3) is 0.320. The smallest absolute Gasteiger partial charge is 0.329 e. The molecule has 12 heteroatoms. The Morgan fingerprint density at radius 3 is 2.68 bits per heavy atom. The number of anilines is 3. The van der Waals surface area contributed by atoms with E-state index in [0.717, 1.165) is 5.56 Å². The molecule has 5 rings (SSSR count). The van der Waals surface area contributed by atoms with Crippen molar-refractivity contribution in [1.29, 1.82) is 0 Å². The Morgan fingerprint density at radius 2 is 2.00 bits per heavy atom. The van der Waals surface area contributed by atoms with Crippen LogP contribution in [0.5, 0.6) is 0 Å². The molecule has 0 fully saturated rings. The van der Waals surface area contributed by atoms with Crippen LogP contribution in [-0.4, -0.2) is 40.4 Å². The van der Waals surface area contributed by atoms with Crippen LogP contribution in [0.1, 0.15) is 37.4 Å². The van der Waals surface area contributed by atoms with Crippen molar-refractivity contribution in [3.05, 3.63) is 57.8 Å². The summed E-state index contributed by atoms with van der Waals surface area (Å²) in [6, 6.07) is 6.93. The average Bonchev–Trinajstić information content (AvgIpc) is 3.42. The fourth-order valence-electron chi connectivity index (χ4n) is 5.08. The van der Waals surface area contributed by atoms with Crippen molar-refractivity contribution in [2.75, 3.05) is 28.4 Å². The first kappa shape index (κ1) is 24.3. The number of amides is 2. The standard InChI is InChI=1S/C25H26N6O6/c1-14(32)29-9-6-16-10-23-20(12-21(16)29)27-25(34)24(30(23)37-15(2)33)19-13-28(8-3-7-26)22-11-17(31(35)36)4-5-18(19)22/h4-5,10-13,24H,3,6-9,26H2,1-2H3,(H,27,34). The molecule has 0 spiro atoms. The first-order valence-electron chi connectivity index (χ1n) is 11.9. The number of fused-ring (bicyclic) bond motifs is 3. The van der Waals surface area contributed by atoms with Gasteiger partial charge in [-0.15, -0.1) is 0 Å². The van der Waals surface area contributed by atoms with Gasteiger partial charge in [-0.25, -0.2) is 0 Å². The number of nitro benzene ring substituents is 1. The van der Waals surface area contributed by atoms with E-state index in [1.165, 1.54) is 31.0 Å². The third-order valence-electron chi connectivity index (χ3n) is 6.68. The summed E-state index contributed by atoms with van der Waals surface area (Å²) in [5.74, 6) is -1.16. The van der Waals surface area contributed by atoms with Gasteiger partial charge in [0.2, 0.25) is 5.91 Å². The van der Waals surface area contributed by atoms with Crippen molar-refractivity contribution in [3.63, 3.8) is 0 Å². The van der Waals surface area contributed by atoms with Crippen LogP contribution in [-0.2, 0) is 32.2 Å². The van der Waals surface area contributed by atoms with E-state index in [1.54, 1.807) is 23.2 Å². The summed E-state index contributed by atoms with van der Waals surface area (Å²) in [7, 11) is 0. The molecular weight excluding hydrogens is 480 g/mol. The number of nitrogens with two attached hydrogens (primary N) is 1. The SMILES string of the molecule is CC(=O)ON1c2cc3c(cc2NC(=O)C1c1cn(CCCN)c2cc([N+](=O)[O-])ccc12)N(C(C)=O)CC3. The van der Waals surface area contributed by atoms with Crippen LogP contribution in [0.3, 0.4) is 0 Å². The highest BCUT2D eigenvalue weighted by Crippen LogP contribution is 2.45. The lowest BCUT2D eigenvalue weighted by Gasteiger charge is -2.36. The van der Waals surface area contributed by atoms with Gasteiger partial charge in [-0.05, 0) is 43.1 Å². The maximum atomic E-state index is 13.5. The fourth-order valence-corrected chi connectivity index (χ4v) is 5.08. The van der Waals surface area contributed by atoms with E-state index >= 15 is 0 Å². The molecule has 37 heavy (non-hydrogen) atoms. The monoisotopic (exact) mass is 506 g/mol. The third-order valence-corrected chi connectivity index (χ3v) is 6.68. The molecule has 0 aliphatic carbocycles. The number of hydrogen-bond acceptors (Lipinski definition) is 8. The van der Waals surface area contributed by atoms with Crippen molar-refractivity contribution in [2.45, 2.75) is 39.3 Å². The Bertz CT molecular complexity index is 1460. The Labute approximate surface area is 211 Å². The molecule has 2 amide bonds. The van der Waals surface area contributed by atoms with Gasteiger partial charge >= 0.3 is 5.97 Å². The number of hydrogen-bond donors (Lipinski definition) is 2. The molecule has 3 N–H and O–H groups in total. The van der Waals surface area contributed by atoms with Gasteiger partial charge in [0.1, 0.15) is 5.69 Å². The summed E-state index contributed by atoms with van der Waals surface area (Å²) in [5, 5.41) is 16.2. The Kier molecular flexibility index (Phi) is 6.04. The van der Waals surface area contributed by atoms with E-state index < -0.39 is 22.8 Å². The van der Waals surface area contributed by atoms with Gasteiger partial charge in [-0.1, -0.05) is 0 Å². The molecule has 3 aromatic rings. The second-order valence-corrected chi connectivity index (χ2v) is 9.10. The van der Waals surface area contributed by atoms with Crippen LogP contribution in [0.15, 0.2) is 36.5 Å². The number of aromatic nitrogens is 1. The molecular formula is C25H26N6O6. The molecule has 12 nitrogen and oxygen atoms in total. The molecule has 1 unspecified atom stereocenters. The number of nitrogens with zero attached hydrogens (tertiary/aromatic N) is 4. The lowest BCUT2D eigenvalue weighted by Crippen LogP contribution is -2.42. The quantitative estimate of drug-likeness (QED) is 0.382. The van der Waals surface area contributed by atoms with Gasteiger partial charge in [0.25, 0.3) is 11.6 Å². The summed E-state index contributed by atoms with van der Waals surface area (Å²) in [4.78, 5) is 56.0. The minimum Gasteiger partial charge on any atom is -0.347 e. The topological polar surface area (TPSA) is 153 Å². The number of non-ortho nitro benzene ring substituents is 1. The zero-order chi connectivity index (χ0) is 26.4. The van der Waals surface area contributed by atoms with Crippen LogP contribution >= 0.6 is 0 Å². The number of nitrogens with one attached hydrogen (secondary N) is 1. The number of hydroxylamine groups is 1. The van der Waals surface area contributed by atoms with Crippen LogP contribution in [0.2, 0.25) is 0 Å². The number of nitro groups is 1. The van der Waals surface area contributed by atoms with E-state index in [4.69, 9.17) is 10.6 Å². The minimum atomic E-state index is -1.05. The van der Waals surface area contributed by atoms with Gasteiger partial charge in [0.15, 0.2) is 6.04 Å². The molecule has 3 heterocycles. The molecule has 2 aliphatic rings. The van der Waals surface area contributed by atoms with Crippen LogP contribution in [0.25, 0.3) is 10.9 Å². The van der Waals surface area contributed by atoms with Gasteiger partial charge in [-0.3, -0.25) is 24.5 Å². The Hall–Kier alpha value is -4.45. The molecule has 192 valence electrons. The molecule has 1 atom stereocenters. The summed E-state index contributed by atoms with van der Waals surface area (Å²) in [5.41, 5.74) is 9.21. The number of aryl methyl sites for hydroxylation is 1. The highest BCUT2D eigenvalue weighted by molar-refractivity contribution is 6.08. The van der Waals surface area contributed by atoms with Crippen molar-refractivity contribution >= 4 is 51.4 Å². The zero-order valence-corrected chi connectivity index (χ0v) is 20.4. The maximum Gasteiger partial charge on any atom is 0.329 e. The number of rotatable bonds is 6. The molecule has 0 bridgehead atoms. The highest BCUT2D eigenvalue weighted by atomic mass is 16.7. The number of benzene rings is 2. The summed E-state index contributed by atoms with van der Waals surface area (Å²) < 4.78 is 1.83. The van der Waals surface area contributed by atoms with Crippen molar-refractivity contribution in [1.82, 2.24) is 4.57 Å². The largest absolute Gasteiger partial charge is 0.347 e. The van der Waals surface area contributed by atoms with E-state index in [2.05, 4.69) is 5.32 Å². The van der Waals surface area contributed by atoms with Gasteiger partial charge in [0, 0.05) is 61.9 Å². The van der Waals surface area contributed by atoms with Gasteiger partial charge in [-0.2, -0.15) is 5.06 Å². The van der Waals surface area contributed by atoms with Crippen molar-refractivity contribution in [2.24, 2.45) is 5.73 Å². The van der Waals surface area contributed by atoms with Crippen LogP contribution < -0.4 is 21.0 Å². The second-order valence-electron chi connectivity index (χ2n) is 9.10. The molecule has 1 aromatic heterocycles. The van der Waals surface area contributed by atoms with E-state index in [0.29, 0.717) is 66.0 Å². The first-order valence-corrected chi connectivity index (χ1v) is 11.9. The highest BCUT2D eigenvalue weighted by Gasteiger charge is 2.40. The zero-order valence-electron chi connectivity index (χ0n) is 20.4. The summed E-state index contributed by atoms with van der Waals surface area (Å²) >= 11 is 0. The Morgan fingerprint density at radius 1 is 1.22 bits per heavy atom. The number of carbonyl (C=O) groups excluding carboxylic acids is 3. The summed E-state index contributed by atoms with van der Waals surface area (Å²) in [6.45, 7) is 4.16. The summed E-state index contributed by atoms with van der Waals surface area (Å²) in [6.07, 6.45) is 3.00. The first-order chi connectivity index (χ1) is 17.7. The van der Waals surface area contributed by atoms with E-state index in [9.17, 15) is 24.5 Å². The molecule has 0 saturated carbocycles. The second kappa shape index (κ2) is 9.21. The van der Waals surface area contributed by atoms with Crippen LogP contribution in [0, 0.1) is 10.1 Å². The van der Waals surface area contributed by atoms with E-state index in [-0.39, 0.29) is 11.6 Å². The molecule has 0 saturated heterocycles. The lowest BCUT2D eigenvalue weighted by atomic mass is 10.00. The molecule has 0 radical (unpaired) electrons. The lowest BCUT2D eigenvalue weighted by molar-refractivity contribution is -0.384. The maximum absolute atomic E-state index is 13.5.